The van der Waals surface area contributed by atoms with Crippen LogP contribution in [-0.2, 0) is 9.59 Å². The van der Waals surface area contributed by atoms with E-state index in [1.54, 1.807) is 12.1 Å². The summed E-state index contributed by atoms with van der Waals surface area (Å²) in [5.41, 5.74) is 0.946. The molecule has 4 atom stereocenters. The van der Waals surface area contributed by atoms with Crippen LogP contribution in [0.3, 0.4) is 0 Å². The molecule has 1 aliphatic rings. The number of halogens is 2. The zero-order valence-electron chi connectivity index (χ0n) is 13.0. The van der Waals surface area contributed by atoms with Crippen LogP contribution < -0.4 is 5.32 Å². The van der Waals surface area contributed by atoms with Gasteiger partial charge in [0.1, 0.15) is 12.6 Å². The van der Waals surface area contributed by atoms with Crippen LogP contribution in [0.15, 0.2) is 24.3 Å². The average Bonchev–Trinajstić information content (AvgIpc) is 3.36. The second kappa shape index (κ2) is 7.82. The molecule has 1 aliphatic carbocycles. The first-order valence-electron chi connectivity index (χ1n) is 7.57. The minimum absolute atomic E-state index is 0.0275. The van der Waals surface area contributed by atoms with Gasteiger partial charge in [0.15, 0.2) is 0 Å². The third kappa shape index (κ3) is 4.48. The Morgan fingerprint density at radius 1 is 1.29 bits per heavy atom. The molecule has 24 heavy (non-hydrogen) atoms. The van der Waals surface area contributed by atoms with Crippen LogP contribution in [0, 0.1) is 29.6 Å². The van der Waals surface area contributed by atoms with Gasteiger partial charge < -0.3 is 14.9 Å². The maximum Gasteiger partial charge on any atom is 0.251 e. The van der Waals surface area contributed by atoms with Crippen molar-refractivity contribution in [2.24, 2.45) is 17.8 Å². The molecule has 0 heterocycles. The Morgan fingerprint density at radius 2 is 1.96 bits per heavy atom. The molecule has 1 saturated carbocycles. The molecule has 0 bridgehead atoms. The first-order chi connectivity index (χ1) is 11.5. The van der Waals surface area contributed by atoms with E-state index >= 15 is 0 Å². The highest BCUT2D eigenvalue weighted by Gasteiger charge is 2.35. The lowest BCUT2D eigenvalue weighted by Crippen LogP contribution is -2.42. The summed E-state index contributed by atoms with van der Waals surface area (Å²) < 4.78 is 25.3. The molecule has 0 saturated heterocycles. The average molecular weight is 333 g/mol. The van der Waals surface area contributed by atoms with E-state index in [1.165, 1.54) is 19.1 Å². The van der Waals surface area contributed by atoms with Crippen LogP contribution in [0.2, 0.25) is 0 Å². The topological polar surface area (TPSA) is 63.2 Å². The first kappa shape index (κ1) is 17.8. The summed E-state index contributed by atoms with van der Waals surface area (Å²) in [7, 11) is 0. The number of hydrogen-bond donors (Lipinski definition) is 1. The monoisotopic (exact) mass is 333 g/mol. The van der Waals surface area contributed by atoms with Crippen molar-refractivity contribution in [3.63, 3.8) is 0 Å². The lowest BCUT2D eigenvalue weighted by molar-refractivity contribution is -0.112. The highest BCUT2D eigenvalue weighted by Crippen LogP contribution is 2.35. The molecular formula is C18H17F2NO3. The maximum atomic E-state index is 12.6. The van der Waals surface area contributed by atoms with Gasteiger partial charge in [-0.3, -0.25) is 4.79 Å². The Balaban J connectivity index is 1.98. The Morgan fingerprint density at radius 3 is 2.46 bits per heavy atom. The largest absolute Gasteiger partial charge is 0.342 e. The molecule has 0 aromatic heterocycles. The molecule has 1 aromatic carbocycles. The van der Waals surface area contributed by atoms with Crippen LogP contribution >= 0.6 is 0 Å². The van der Waals surface area contributed by atoms with Crippen molar-refractivity contribution in [2.45, 2.75) is 25.8 Å². The van der Waals surface area contributed by atoms with E-state index in [0.29, 0.717) is 11.8 Å². The molecule has 1 fully saturated rings. The molecule has 4 unspecified atom stereocenters. The Hall–Kier alpha value is -2.55. The third-order valence-electron chi connectivity index (χ3n) is 3.97. The number of nitrogens with one attached hydrogen (secondary N) is 1. The molecule has 1 N–H and O–H groups in total. The molecule has 126 valence electrons. The van der Waals surface area contributed by atoms with Gasteiger partial charge in [-0.2, -0.15) is 0 Å². The summed E-state index contributed by atoms with van der Waals surface area (Å²) in [5, 5.41) is 2.30. The molecule has 0 aliphatic heterocycles. The second-order valence-corrected chi connectivity index (χ2v) is 5.82. The number of aldehydes is 2. The third-order valence-corrected chi connectivity index (χ3v) is 3.97. The smallest absolute Gasteiger partial charge is 0.251 e. The van der Waals surface area contributed by atoms with Gasteiger partial charge in [0.05, 0.1) is 6.04 Å². The van der Waals surface area contributed by atoms with E-state index < -0.39 is 24.3 Å². The van der Waals surface area contributed by atoms with E-state index in [-0.39, 0.29) is 17.4 Å². The van der Waals surface area contributed by atoms with E-state index in [4.69, 9.17) is 0 Å². The van der Waals surface area contributed by atoms with Crippen LogP contribution in [0.5, 0.6) is 0 Å². The van der Waals surface area contributed by atoms with Crippen molar-refractivity contribution in [3.8, 4) is 11.8 Å². The van der Waals surface area contributed by atoms with E-state index in [1.807, 2.05) is 0 Å². The Kier molecular flexibility index (Phi) is 5.80. The number of benzene rings is 1. The molecule has 0 radical (unpaired) electrons. The first-order valence-corrected chi connectivity index (χ1v) is 7.57. The quantitative estimate of drug-likeness (QED) is 0.640. The Bertz CT molecular complexity index is 676. The molecule has 2 rings (SSSR count). The van der Waals surface area contributed by atoms with E-state index in [9.17, 15) is 23.2 Å². The summed E-state index contributed by atoms with van der Waals surface area (Å²) >= 11 is 0. The fourth-order valence-electron chi connectivity index (χ4n) is 2.09. The predicted octanol–water partition coefficient (Wildman–Crippen LogP) is 2.07. The number of rotatable bonds is 6. The number of carbonyl (C=O) groups is 3. The van der Waals surface area contributed by atoms with Gasteiger partial charge in [0.25, 0.3) is 5.91 Å². The standard InChI is InChI=1S/C18H17F2NO3/c1-11(17(19)20)16(10-23)21-18(24)13-5-2-12(3-6-13)4-7-14-8-15(14)9-22/h2-3,5-6,9-11,14-17H,8H2,1H3,(H,21,24). The molecule has 1 aromatic rings. The van der Waals surface area contributed by atoms with E-state index in [0.717, 1.165) is 12.7 Å². The molecule has 4 nitrogen and oxygen atoms in total. The maximum absolute atomic E-state index is 12.6. The lowest BCUT2D eigenvalue weighted by atomic mass is 10.0. The van der Waals surface area contributed by atoms with Gasteiger partial charge in [-0.15, -0.1) is 0 Å². The zero-order valence-corrected chi connectivity index (χ0v) is 13.0. The number of amides is 1. The molecule has 0 spiro atoms. The van der Waals surface area contributed by atoms with E-state index in [2.05, 4.69) is 17.2 Å². The summed E-state index contributed by atoms with van der Waals surface area (Å²) in [6.45, 7) is 1.20. The minimum Gasteiger partial charge on any atom is -0.342 e. The van der Waals surface area contributed by atoms with Crippen LogP contribution in [0.25, 0.3) is 0 Å². The van der Waals surface area contributed by atoms with Crippen molar-refractivity contribution < 1.29 is 23.2 Å². The number of carbonyl (C=O) groups excluding carboxylic acids is 3. The van der Waals surface area contributed by atoms with Gasteiger partial charge in [0, 0.05) is 28.9 Å². The normalized spacial score (nSPS) is 21.2. The van der Waals surface area contributed by atoms with Crippen molar-refractivity contribution >= 4 is 18.5 Å². The zero-order chi connectivity index (χ0) is 17.7. The highest BCUT2D eigenvalue weighted by molar-refractivity contribution is 5.95. The van der Waals surface area contributed by atoms with Crippen LogP contribution in [-0.4, -0.2) is 30.9 Å². The summed E-state index contributed by atoms with van der Waals surface area (Å²) in [5.74, 6) is 4.18. The van der Waals surface area contributed by atoms with Crippen molar-refractivity contribution in [1.82, 2.24) is 5.32 Å². The predicted molar refractivity (Wildman–Crippen MR) is 83.5 cm³/mol. The molecular weight excluding hydrogens is 316 g/mol. The SMILES string of the molecule is CC(C(F)F)C(C=O)NC(=O)c1ccc(C#CC2CC2C=O)cc1. The number of alkyl halides is 2. The number of hydrogen-bond acceptors (Lipinski definition) is 3. The van der Waals surface area contributed by atoms with Gasteiger partial charge in [0.2, 0.25) is 6.43 Å². The molecule has 1 amide bonds. The van der Waals surface area contributed by atoms with Gasteiger partial charge in [-0.25, -0.2) is 8.78 Å². The lowest BCUT2D eigenvalue weighted by Gasteiger charge is -2.19. The minimum atomic E-state index is -2.70. The fraction of sp³-hybridized carbons (Fsp3) is 0.389. The summed E-state index contributed by atoms with van der Waals surface area (Å²) in [6.07, 6.45) is -0.702. The fourth-order valence-corrected chi connectivity index (χ4v) is 2.09. The second-order valence-electron chi connectivity index (χ2n) is 5.82. The van der Waals surface area contributed by atoms with Crippen LogP contribution in [0.1, 0.15) is 29.3 Å². The summed E-state index contributed by atoms with van der Waals surface area (Å²) in [6, 6.07) is 5.04. The van der Waals surface area contributed by atoms with Gasteiger partial charge in [-0.05, 0) is 30.7 Å². The van der Waals surface area contributed by atoms with Crippen molar-refractivity contribution in [1.29, 1.82) is 0 Å². The van der Waals surface area contributed by atoms with Gasteiger partial charge in [-0.1, -0.05) is 18.8 Å². The Labute approximate surface area is 138 Å². The highest BCUT2D eigenvalue weighted by atomic mass is 19.3. The van der Waals surface area contributed by atoms with Gasteiger partial charge >= 0.3 is 0 Å². The van der Waals surface area contributed by atoms with Crippen molar-refractivity contribution in [2.75, 3.05) is 0 Å². The summed E-state index contributed by atoms with van der Waals surface area (Å²) in [4.78, 5) is 33.4. The van der Waals surface area contributed by atoms with Crippen LogP contribution in [0.4, 0.5) is 8.78 Å². The van der Waals surface area contributed by atoms with Crippen molar-refractivity contribution in [3.05, 3.63) is 35.4 Å². The molecule has 6 heteroatoms.